The van der Waals surface area contributed by atoms with Gasteiger partial charge in [-0.1, -0.05) is 26.0 Å². The Morgan fingerprint density at radius 3 is 2.77 bits per heavy atom. The molecule has 30 heavy (non-hydrogen) atoms. The molecule has 0 radical (unpaired) electrons. The average molecular weight is 405 g/mol. The Labute approximate surface area is 176 Å². The van der Waals surface area contributed by atoms with Crippen LogP contribution in [0.4, 0.5) is 11.4 Å². The molecule has 156 valence electrons. The maximum atomic E-state index is 12.7. The largest absolute Gasteiger partial charge is 0.490 e. The normalized spacial score (nSPS) is 13.2. The van der Waals surface area contributed by atoms with Crippen molar-refractivity contribution < 1.29 is 14.3 Å². The highest BCUT2D eigenvalue weighted by molar-refractivity contribution is 5.99. The summed E-state index contributed by atoms with van der Waals surface area (Å²) in [5.41, 5.74) is 2.67. The van der Waals surface area contributed by atoms with E-state index in [1.165, 1.54) is 0 Å². The number of fused-ring (bicyclic) bond motifs is 2. The molecule has 3 aromatic rings. The Bertz CT molecular complexity index is 1070. The summed E-state index contributed by atoms with van der Waals surface area (Å²) in [5, 5.41) is 4.01. The number of nitrogens with zero attached hydrogens (tertiary/aromatic N) is 2. The zero-order valence-electron chi connectivity index (χ0n) is 17.4. The van der Waals surface area contributed by atoms with Gasteiger partial charge in [-0.15, -0.1) is 0 Å². The standard InChI is InChI=1S/C24H27N3O3/c1-17(2)16-26-12-11-18-15-19(7-8-20(18)26)25-23(28)9-10-24(29)27-13-14-30-22-6-4-3-5-21(22)27/h3-8,11-12,15,17H,9-10,13-14,16H2,1-2H3,(H,25,28). The molecule has 0 aliphatic carbocycles. The fraction of sp³-hybridized carbons (Fsp3) is 0.333. The Morgan fingerprint density at radius 1 is 1.10 bits per heavy atom. The first-order valence-corrected chi connectivity index (χ1v) is 10.4. The van der Waals surface area contributed by atoms with Crippen LogP contribution in [0.25, 0.3) is 10.9 Å². The first-order chi connectivity index (χ1) is 14.5. The van der Waals surface area contributed by atoms with Crippen LogP contribution in [-0.2, 0) is 16.1 Å². The van der Waals surface area contributed by atoms with Gasteiger partial charge in [0.2, 0.25) is 11.8 Å². The quantitative estimate of drug-likeness (QED) is 0.659. The first kappa shape index (κ1) is 20.0. The number of para-hydroxylation sites is 2. The van der Waals surface area contributed by atoms with Gasteiger partial charge in [-0.2, -0.15) is 0 Å². The van der Waals surface area contributed by atoms with Gasteiger partial charge in [0.05, 0.1) is 12.2 Å². The second kappa shape index (κ2) is 8.61. The molecule has 6 nitrogen and oxygen atoms in total. The van der Waals surface area contributed by atoms with Gasteiger partial charge < -0.3 is 19.5 Å². The minimum absolute atomic E-state index is 0.0675. The highest BCUT2D eigenvalue weighted by Gasteiger charge is 2.23. The molecule has 0 atom stereocenters. The summed E-state index contributed by atoms with van der Waals surface area (Å²) in [6, 6.07) is 15.5. The van der Waals surface area contributed by atoms with Crippen LogP contribution in [0.1, 0.15) is 26.7 Å². The number of rotatable bonds is 6. The van der Waals surface area contributed by atoms with E-state index in [4.69, 9.17) is 4.74 Å². The number of hydrogen-bond acceptors (Lipinski definition) is 3. The average Bonchev–Trinajstić information content (AvgIpc) is 3.13. The molecule has 6 heteroatoms. The van der Waals surface area contributed by atoms with Crippen molar-refractivity contribution in [2.24, 2.45) is 5.92 Å². The third-order valence-electron chi connectivity index (χ3n) is 5.21. The van der Waals surface area contributed by atoms with Crippen LogP contribution in [0.5, 0.6) is 5.75 Å². The monoisotopic (exact) mass is 405 g/mol. The highest BCUT2D eigenvalue weighted by Crippen LogP contribution is 2.31. The number of hydrogen-bond donors (Lipinski definition) is 1. The summed E-state index contributed by atoms with van der Waals surface area (Å²) in [5.74, 6) is 1.04. The summed E-state index contributed by atoms with van der Waals surface area (Å²) in [6.07, 6.45) is 2.38. The van der Waals surface area contributed by atoms with E-state index in [2.05, 4.69) is 36.0 Å². The van der Waals surface area contributed by atoms with Crippen LogP contribution in [0.15, 0.2) is 54.7 Å². The third-order valence-corrected chi connectivity index (χ3v) is 5.21. The molecule has 1 aliphatic heterocycles. The lowest BCUT2D eigenvalue weighted by molar-refractivity contribution is -0.122. The number of ether oxygens (including phenoxy) is 1. The molecule has 0 saturated carbocycles. The van der Waals surface area contributed by atoms with Gasteiger partial charge in [0, 0.05) is 42.2 Å². The van der Waals surface area contributed by atoms with Crippen molar-refractivity contribution >= 4 is 34.1 Å². The molecule has 0 saturated heterocycles. The van der Waals surface area contributed by atoms with E-state index in [1.807, 2.05) is 42.5 Å². The molecule has 0 spiro atoms. The Kier molecular flexibility index (Phi) is 5.74. The molecular weight excluding hydrogens is 378 g/mol. The number of amides is 2. The number of anilines is 2. The lowest BCUT2D eigenvalue weighted by atomic mass is 10.2. The third kappa shape index (κ3) is 4.32. The van der Waals surface area contributed by atoms with Gasteiger partial charge in [-0.05, 0) is 42.3 Å². The van der Waals surface area contributed by atoms with Crippen LogP contribution < -0.4 is 15.0 Å². The SMILES string of the molecule is CC(C)Cn1ccc2cc(NC(=O)CCC(=O)N3CCOc4ccccc43)ccc21. The maximum Gasteiger partial charge on any atom is 0.227 e. The number of aromatic nitrogens is 1. The van der Waals surface area contributed by atoms with Crippen LogP contribution in [-0.4, -0.2) is 29.5 Å². The highest BCUT2D eigenvalue weighted by atomic mass is 16.5. The minimum atomic E-state index is -0.161. The second-order valence-electron chi connectivity index (χ2n) is 8.05. The van der Waals surface area contributed by atoms with Gasteiger partial charge in [0.1, 0.15) is 12.4 Å². The van der Waals surface area contributed by atoms with Crippen molar-refractivity contribution in [2.45, 2.75) is 33.2 Å². The molecule has 1 aromatic heterocycles. The lowest BCUT2D eigenvalue weighted by Crippen LogP contribution is -2.38. The molecule has 2 amide bonds. The van der Waals surface area contributed by atoms with E-state index in [9.17, 15) is 9.59 Å². The molecule has 0 unspecified atom stereocenters. The summed E-state index contributed by atoms with van der Waals surface area (Å²) in [4.78, 5) is 26.8. The summed E-state index contributed by atoms with van der Waals surface area (Å²) < 4.78 is 7.82. The predicted octanol–water partition coefficient (Wildman–Crippen LogP) is 4.44. The molecule has 4 rings (SSSR count). The van der Waals surface area contributed by atoms with Crippen molar-refractivity contribution in [2.75, 3.05) is 23.4 Å². The van der Waals surface area contributed by atoms with Crippen molar-refractivity contribution in [1.82, 2.24) is 4.57 Å². The Balaban J connectivity index is 1.35. The topological polar surface area (TPSA) is 63.6 Å². The van der Waals surface area contributed by atoms with Gasteiger partial charge in [0.15, 0.2) is 0 Å². The minimum Gasteiger partial charge on any atom is -0.490 e. The number of benzene rings is 2. The molecule has 2 heterocycles. The summed E-state index contributed by atoms with van der Waals surface area (Å²) in [6.45, 7) is 6.31. The molecule has 1 aliphatic rings. The van der Waals surface area contributed by atoms with Gasteiger partial charge in [0.25, 0.3) is 0 Å². The smallest absolute Gasteiger partial charge is 0.227 e. The predicted molar refractivity (Wildman–Crippen MR) is 119 cm³/mol. The number of nitrogens with one attached hydrogen (secondary N) is 1. The van der Waals surface area contributed by atoms with Gasteiger partial charge >= 0.3 is 0 Å². The molecule has 1 N–H and O–H groups in total. The van der Waals surface area contributed by atoms with Gasteiger partial charge in [-0.3, -0.25) is 9.59 Å². The zero-order valence-corrected chi connectivity index (χ0v) is 17.4. The van der Waals surface area contributed by atoms with E-state index < -0.39 is 0 Å². The van der Waals surface area contributed by atoms with Crippen molar-refractivity contribution in [3.63, 3.8) is 0 Å². The lowest BCUT2D eigenvalue weighted by Gasteiger charge is -2.29. The fourth-order valence-electron chi connectivity index (χ4n) is 3.84. The van der Waals surface area contributed by atoms with E-state index in [1.54, 1.807) is 4.90 Å². The zero-order chi connectivity index (χ0) is 21.1. The molecule has 2 aromatic carbocycles. The first-order valence-electron chi connectivity index (χ1n) is 10.4. The number of carbonyl (C=O) groups is 2. The molecule has 0 fully saturated rings. The van der Waals surface area contributed by atoms with E-state index in [0.717, 1.165) is 28.8 Å². The van der Waals surface area contributed by atoms with Gasteiger partial charge in [-0.25, -0.2) is 0 Å². The van der Waals surface area contributed by atoms with E-state index >= 15 is 0 Å². The summed E-state index contributed by atoms with van der Waals surface area (Å²) in [7, 11) is 0. The van der Waals surface area contributed by atoms with Crippen molar-refractivity contribution in [3.8, 4) is 5.75 Å². The van der Waals surface area contributed by atoms with E-state index in [0.29, 0.717) is 24.8 Å². The maximum absolute atomic E-state index is 12.7. The van der Waals surface area contributed by atoms with Crippen molar-refractivity contribution in [1.29, 1.82) is 0 Å². The van der Waals surface area contributed by atoms with Crippen LogP contribution in [0.2, 0.25) is 0 Å². The Morgan fingerprint density at radius 2 is 1.93 bits per heavy atom. The fourth-order valence-corrected chi connectivity index (χ4v) is 3.84. The van der Waals surface area contributed by atoms with E-state index in [-0.39, 0.29) is 24.7 Å². The molecular formula is C24H27N3O3. The van der Waals surface area contributed by atoms with Crippen molar-refractivity contribution in [3.05, 3.63) is 54.7 Å². The Hall–Kier alpha value is -3.28. The van der Waals surface area contributed by atoms with Crippen LogP contribution >= 0.6 is 0 Å². The second-order valence-corrected chi connectivity index (χ2v) is 8.05. The molecule has 0 bridgehead atoms. The number of carbonyl (C=O) groups excluding carboxylic acids is 2. The van der Waals surface area contributed by atoms with Crippen LogP contribution in [0.3, 0.4) is 0 Å². The summed E-state index contributed by atoms with van der Waals surface area (Å²) >= 11 is 0. The van der Waals surface area contributed by atoms with Crippen LogP contribution in [0, 0.1) is 5.92 Å².